The van der Waals surface area contributed by atoms with E-state index in [0.29, 0.717) is 4.90 Å². The zero-order valence-corrected chi connectivity index (χ0v) is 10.4. The van der Waals surface area contributed by atoms with Crippen LogP contribution in [0.15, 0.2) is 18.2 Å². The zero-order valence-electron chi connectivity index (χ0n) is 10.4. The highest BCUT2D eigenvalue weighted by atomic mass is 16.3. The minimum Gasteiger partial charge on any atom is -0.398 e. The van der Waals surface area contributed by atoms with Gasteiger partial charge in [0.05, 0.1) is 17.2 Å². The monoisotopic (exact) mass is 262 g/mol. The Hall–Kier alpha value is -2.21. The molecular weight excluding hydrogens is 248 g/mol. The summed E-state index contributed by atoms with van der Waals surface area (Å²) in [6, 6.07) is 4.53. The van der Waals surface area contributed by atoms with Crippen LogP contribution in [0.4, 0.5) is 5.69 Å². The van der Waals surface area contributed by atoms with E-state index in [9.17, 15) is 14.4 Å². The normalized spacial score (nSPS) is 15.6. The maximum absolute atomic E-state index is 12.1. The first-order chi connectivity index (χ1) is 8.93. The summed E-state index contributed by atoms with van der Waals surface area (Å²) in [5.74, 6) is -1.96. The van der Waals surface area contributed by atoms with Crippen LogP contribution in [-0.2, 0) is 4.79 Å². The van der Waals surface area contributed by atoms with Gasteiger partial charge in [0.2, 0.25) is 5.91 Å². The van der Waals surface area contributed by atoms with Gasteiger partial charge in [0.1, 0.15) is 0 Å². The summed E-state index contributed by atoms with van der Waals surface area (Å²) in [4.78, 5) is 36.6. The molecule has 0 fully saturated rings. The molecule has 3 amide bonds. The highest BCUT2D eigenvalue weighted by molar-refractivity contribution is 6.30. The minimum absolute atomic E-state index is 0.0664. The van der Waals surface area contributed by atoms with Crippen molar-refractivity contribution in [2.24, 2.45) is 0 Å². The molecule has 0 bridgehead atoms. The van der Waals surface area contributed by atoms with Crippen LogP contribution in [0, 0.1) is 0 Å². The molecule has 1 aromatic carbocycles. The maximum atomic E-state index is 12.1. The van der Waals surface area contributed by atoms with E-state index in [1.54, 1.807) is 6.07 Å². The second-order valence-corrected chi connectivity index (χ2v) is 4.50. The number of anilines is 1. The molecule has 0 saturated carbocycles. The van der Waals surface area contributed by atoms with E-state index < -0.39 is 23.8 Å². The Balaban J connectivity index is 2.28. The number of hydrogen-bond acceptors (Lipinski definition) is 5. The van der Waals surface area contributed by atoms with Crippen LogP contribution in [-0.4, -0.2) is 33.8 Å². The Morgan fingerprint density at radius 1 is 1.37 bits per heavy atom. The fourth-order valence-corrected chi connectivity index (χ4v) is 1.98. The van der Waals surface area contributed by atoms with Crippen molar-refractivity contribution in [3.8, 4) is 0 Å². The average molecular weight is 262 g/mol. The third kappa shape index (κ3) is 2.22. The van der Waals surface area contributed by atoms with Crippen LogP contribution in [0.3, 0.4) is 0 Å². The molecule has 2 rings (SSSR count). The van der Waals surface area contributed by atoms with Crippen molar-refractivity contribution in [2.75, 3.05) is 5.73 Å². The number of fused-ring (bicyclic) bond motifs is 1. The lowest BCUT2D eigenvalue weighted by molar-refractivity contribution is -0.126. The third-order valence-corrected chi connectivity index (χ3v) is 2.97. The number of imide groups is 3. The summed E-state index contributed by atoms with van der Waals surface area (Å²) in [5.41, 5.74) is 6.07. The first-order valence-corrected chi connectivity index (χ1v) is 5.91. The molecule has 6 heteroatoms. The summed E-state index contributed by atoms with van der Waals surface area (Å²) in [6.07, 6.45) is -0.533. The molecule has 3 N–H and O–H groups in total. The molecule has 19 heavy (non-hydrogen) atoms. The van der Waals surface area contributed by atoms with Gasteiger partial charge in [-0.1, -0.05) is 6.07 Å². The first-order valence-electron chi connectivity index (χ1n) is 5.91. The van der Waals surface area contributed by atoms with Crippen molar-refractivity contribution >= 4 is 23.4 Å². The predicted molar refractivity (Wildman–Crippen MR) is 67.3 cm³/mol. The minimum atomic E-state index is -0.686. The van der Waals surface area contributed by atoms with Gasteiger partial charge in [-0.15, -0.1) is 0 Å². The van der Waals surface area contributed by atoms with Crippen LogP contribution >= 0.6 is 0 Å². The molecule has 0 spiro atoms. The zero-order chi connectivity index (χ0) is 14.2. The van der Waals surface area contributed by atoms with Crippen LogP contribution in [0.5, 0.6) is 0 Å². The Bertz CT molecular complexity index is 566. The fraction of sp³-hybridized carbons (Fsp3) is 0.308. The molecular formula is C13H14N2O4. The second kappa shape index (κ2) is 4.81. The van der Waals surface area contributed by atoms with E-state index in [1.165, 1.54) is 19.1 Å². The number of nitrogens with two attached hydrogens (primary N) is 1. The fourth-order valence-electron chi connectivity index (χ4n) is 1.98. The molecule has 1 unspecified atom stereocenters. The van der Waals surface area contributed by atoms with Gasteiger partial charge in [0, 0.05) is 12.1 Å². The van der Waals surface area contributed by atoms with Gasteiger partial charge in [-0.3, -0.25) is 14.4 Å². The number of aliphatic hydroxyl groups is 1. The van der Waals surface area contributed by atoms with Crippen LogP contribution in [0.2, 0.25) is 0 Å². The van der Waals surface area contributed by atoms with E-state index in [0.717, 1.165) is 0 Å². The molecule has 6 nitrogen and oxygen atoms in total. The topological polar surface area (TPSA) is 101 Å². The Morgan fingerprint density at radius 3 is 2.63 bits per heavy atom. The van der Waals surface area contributed by atoms with E-state index in [2.05, 4.69) is 0 Å². The molecule has 0 aromatic heterocycles. The summed E-state index contributed by atoms with van der Waals surface area (Å²) in [6.45, 7) is 1.54. The molecule has 1 heterocycles. The number of aliphatic hydroxyl groups excluding tert-OH is 1. The summed E-state index contributed by atoms with van der Waals surface area (Å²) in [7, 11) is 0. The Morgan fingerprint density at radius 2 is 2.05 bits per heavy atom. The molecule has 0 radical (unpaired) electrons. The number of hydrogen-bond donors (Lipinski definition) is 2. The van der Waals surface area contributed by atoms with Gasteiger partial charge in [-0.05, 0) is 25.5 Å². The van der Waals surface area contributed by atoms with Crippen LogP contribution < -0.4 is 5.73 Å². The van der Waals surface area contributed by atoms with E-state index in [4.69, 9.17) is 10.8 Å². The standard InChI is InChI=1S/C13H14N2O4/c1-7(16)5-6-10(17)15-12(18)8-3-2-4-9(14)11(8)13(15)19/h2-4,7,16H,5-6,14H2,1H3. The Labute approximate surface area is 109 Å². The van der Waals surface area contributed by atoms with Crippen molar-refractivity contribution < 1.29 is 19.5 Å². The van der Waals surface area contributed by atoms with Crippen molar-refractivity contribution in [3.63, 3.8) is 0 Å². The van der Waals surface area contributed by atoms with E-state index in [-0.39, 0.29) is 29.7 Å². The molecule has 1 atom stereocenters. The van der Waals surface area contributed by atoms with Crippen LogP contribution in [0.25, 0.3) is 0 Å². The first kappa shape index (κ1) is 13.2. The van der Waals surface area contributed by atoms with Gasteiger partial charge in [0.15, 0.2) is 0 Å². The number of benzene rings is 1. The van der Waals surface area contributed by atoms with E-state index in [1.807, 2.05) is 0 Å². The number of nitrogens with zero attached hydrogens (tertiary/aromatic N) is 1. The number of rotatable bonds is 3. The lowest BCUT2D eigenvalue weighted by atomic mass is 10.1. The number of nitrogen functional groups attached to an aromatic ring is 1. The molecule has 1 aliphatic heterocycles. The predicted octanol–water partition coefficient (Wildman–Crippen LogP) is 0.552. The summed E-state index contributed by atoms with van der Waals surface area (Å²) >= 11 is 0. The second-order valence-electron chi connectivity index (χ2n) is 4.50. The average Bonchev–Trinajstić information content (AvgIpc) is 2.60. The largest absolute Gasteiger partial charge is 0.398 e. The highest BCUT2D eigenvalue weighted by Gasteiger charge is 2.40. The quantitative estimate of drug-likeness (QED) is 0.612. The Kier molecular flexibility index (Phi) is 3.35. The smallest absolute Gasteiger partial charge is 0.270 e. The molecule has 1 aromatic rings. The lowest BCUT2D eigenvalue weighted by Crippen LogP contribution is -2.36. The SMILES string of the molecule is CC(O)CCC(=O)N1C(=O)c2cccc(N)c2C1=O. The molecule has 1 aliphatic rings. The summed E-state index contributed by atoms with van der Waals surface area (Å²) in [5, 5.41) is 9.13. The van der Waals surface area contributed by atoms with Crippen molar-refractivity contribution in [1.29, 1.82) is 0 Å². The van der Waals surface area contributed by atoms with Crippen molar-refractivity contribution in [2.45, 2.75) is 25.9 Å². The van der Waals surface area contributed by atoms with Crippen molar-refractivity contribution in [1.82, 2.24) is 4.90 Å². The molecule has 100 valence electrons. The summed E-state index contributed by atoms with van der Waals surface area (Å²) < 4.78 is 0. The molecule has 0 saturated heterocycles. The van der Waals surface area contributed by atoms with Gasteiger partial charge < -0.3 is 10.8 Å². The van der Waals surface area contributed by atoms with E-state index >= 15 is 0 Å². The lowest BCUT2D eigenvalue weighted by Gasteiger charge is -2.12. The maximum Gasteiger partial charge on any atom is 0.270 e. The van der Waals surface area contributed by atoms with Crippen LogP contribution in [0.1, 0.15) is 40.5 Å². The van der Waals surface area contributed by atoms with Gasteiger partial charge in [-0.2, -0.15) is 0 Å². The van der Waals surface area contributed by atoms with Gasteiger partial charge in [-0.25, -0.2) is 4.90 Å². The highest BCUT2D eigenvalue weighted by Crippen LogP contribution is 2.28. The van der Waals surface area contributed by atoms with Gasteiger partial charge in [0.25, 0.3) is 11.8 Å². The number of carbonyl (C=O) groups excluding carboxylic acids is 3. The number of amides is 3. The van der Waals surface area contributed by atoms with Crippen molar-refractivity contribution in [3.05, 3.63) is 29.3 Å². The third-order valence-electron chi connectivity index (χ3n) is 2.97. The van der Waals surface area contributed by atoms with Gasteiger partial charge >= 0.3 is 0 Å². The number of carbonyl (C=O) groups is 3. The molecule has 0 aliphatic carbocycles.